The van der Waals surface area contributed by atoms with Crippen LogP contribution in [0.3, 0.4) is 0 Å². The number of aryl methyl sites for hydroxylation is 1. The molecule has 2 rings (SSSR count). The van der Waals surface area contributed by atoms with Gasteiger partial charge in [0.05, 0.1) is 6.26 Å². The van der Waals surface area contributed by atoms with Gasteiger partial charge in [-0.15, -0.1) is 0 Å². The molecule has 0 saturated carbocycles. The summed E-state index contributed by atoms with van der Waals surface area (Å²) in [7, 11) is -1.42. The van der Waals surface area contributed by atoms with Crippen molar-refractivity contribution >= 4 is 21.6 Å². The second-order valence-electron chi connectivity index (χ2n) is 4.51. The van der Waals surface area contributed by atoms with E-state index in [1.54, 1.807) is 11.9 Å². The smallest absolute Gasteiger partial charge is 0.227 e. The van der Waals surface area contributed by atoms with Gasteiger partial charge in [-0.3, -0.25) is 4.79 Å². The van der Waals surface area contributed by atoms with Crippen molar-refractivity contribution in [1.29, 1.82) is 0 Å². The van der Waals surface area contributed by atoms with Crippen molar-refractivity contribution in [1.82, 2.24) is 4.72 Å². The molecule has 1 N–H and O–H groups in total. The highest BCUT2D eigenvalue weighted by Crippen LogP contribution is 2.27. The normalized spacial score (nSPS) is 15.7. The zero-order valence-electron chi connectivity index (χ0n) is 10.4. The fraction of sp³-hybridized carbons (Fsp3) is 0.417. The van der Waals surface area contributed by atoms with E-state index in [1.165, 1.54) is 0 Å². The number of rotatable bonds is 3. The first-order valence-corrected chi connectivity index (χ1v) is 7.59. The van der Waals surface area contributed by atoms with E-state index >= 15 is 0 Å². The van der Waals surface area contributed by atoms with E-state index in [0.717, 1.165) is 23.1 Å². The van der Waals surface area contributed by atoms with Gasteiger partial charge in [-0.1, -0.05) is 12.1 Å². The van der Waals surface area contributed by atoms with Gasteiger partial charge in [0.25, 0.3) is 0 Å². The molecule has 0 radical (unpaired) electrons. The van der Waals surface area contributed by atoms with E-state index in [4.69, 9.17) is 0 Å². The largest absolute Gasteiger partial charge is 0.315 e. The molecular formula is C12H16N2O3S. The van der Waals surface area contributed by atoms with E-state index in [9.17, 15) is 13.2 Å². The van der Waals surface area contributed by atoms with Gasteiger partial charge in [0.2, 0.25) is 15.9 Å². The molecule has 1 heterocycles. The first-order chi connectivity index (χ1) is 8.37. The lowest BCUT2D eigenvalue weighted by molar-refractivity contribution is -0.118. The number of hydrogen-bond acceptors (Lipinski definition) is 3. The zero-order chi connectivity index (χ0) is 13.3. The van der Waals surface area contributed by atoms with Crippen molar-refractivity contribution in [3.05, 3.63) is 29.3 Å². The lowest BCUT2D eigenvalue weighted by Gasteiger charge is -2.26. The summed E-state index contributed by atoms with van der Waals surface area (Å²) in [6.45, 7) is 0.282. The van der Waals surface area contributed by atoms with Crippen LogP contribution in [0.5, 0.6) is 0 Å². The second-order valence-corrected chi connectivity index (χ2v) is 6.34. The Bertz CT molecular complexity index is 581. The number of hydrogen-bond donors (Lipinski definition) is 1. The van der Waals surface area contributed by atoms with Gasteiger partial charge in [0.1, 0.15) is 0 Å². The molecule has 0 bridgehead atoms. The summed E-state index contributed by atoms with van der Waals surface area (Å²) in [4.78, 5) is 13.2. The number of benzene rings is 1. The van der Waals surface area contributed by atoms with Crippen LogP contribution in [0.15, 0.2) is 18.2 Å². The number of nitrogens with one attached hydrogen (secondary N) is 1. The SMILES string of the molecule is CN1C(=O)CCc2cc(CNS(C)(=O)=O)ccc21. The molecule has 18 heavy (non-hydrogen) atoms. The molecule has 1 amide bonds. The number of amides is 1. The Labute approximate surface area is 107 Å². The molecule has 0 fully saturated rings. The number of nitrogens with zero attached hydrogens (tertiary/aromatic N) is 1. The van der Waals surface area contributed by atoms with E-state index in [0.29, 0.717) is 12.8 Å². The average molecular weight is 268 g/mol. The predicted octanol–water partition coefficient (Wildman–Crippen LogP) is 0.645. The first kappa shape index (κ1) is 13.0. The maximum Gasteiger partial charge on any atom is 0.227 e. The lowest BCUT2D eigenvalue weighted by Crippen LogP contribution is -2.31. The Kier molecular flexibility index (Phi) is 3.41. The standard InChI is InChI=1S/C12H16N2O3S/c1-14-11-5-3-9(8-13-18(2,16)17)7-10(11)4-6-12(14)15/h3,5,7,13H,4,6,8H2,1-2H3. The minimum absolute atomic E-state index is 0.115. The van der Waals surface area contributed by atoms with Crippen LogP contribution in [0.4, 0.5) is 5.69 Å². The summed E-state index contributed by atoms with van der Waals surface area (Å²) >= 11 is 0. The van der Waals surface area contributed by atoms with Crippen molar-refractivity contribution in [2.24, 2.45) is 0 Å². The fourth-order valence-electron chi connectivity index (χ4n) is 2.03. The average Bonchev–Trinajstić information content (AvgIpc) is 2.30. The summed E-state index contributed by atoms with van der Waals surface area (Å²) in [6.07, 6.45) is 2.36. The van der Waals surface area contributed by atoms with Crippen molar-refractivity contribution in [2.45, 2.75) is 19.4 Å². The van der Waals surface area contributed by atoms with Crippen LogP contribution in [0.2, 0.25) is 0 Å². The Hall–Kier alpha value is -1.40. The summed E-state index contributed by atoms with van der Waals surface area (Å²) in [5.41, 5.74) is 2.90. The molecule has 0 aliphatic carbocycles. The molecule has 6 heteroatoms. The molecule has 0 saturated heterocycles. The Balaban J connectivity index is 2.20. The van der Waals surface area contributed by atoms with Gasteiger partial charge in [0, 0.05) is 25.7 Å². The molecule has 98 valence electrons. The molecule has 1 aliphatic rings. The van der Waals surface area contributed by atoms with E-state index in [1.807, 2.05) is 18.2 Å². The number of fused-ring (bicyclic) bond motifs is 1. The van der Waals surface area contributed by atoms with E-state index in [2.05, 4.69) is 4.72 Å². The maximum absolute atomic E-state index is 11.5. The Morgan fingerprint density at radius 1 is 1.33 bits per heavy atom. The van der Waals surface area contributed by atoms with Crippen LogP contribution in [-0.2, 0) is 27.8 Å². The molecule has 0 unspecified atom stereocenters. The number of sulfonamides is 1. The predicted molar refractivity (Wildman–Crippen MR) is 69.9 cm³/mol. The van der Waals surface area contributed by atoms with Crippen LogP contribution in [-0.4, -0.2) is 27.6 Å². The van der Waals surface area contributed by atoms with Crippen molar-refractivity contribution in [3.8, 4) is 0 Å². The summed E-state index contributed by atoms with van der Waals surface area (Å²) < 4.78 is 24.5. The van der Waals surface area contributed by atoms with Crippen LogP contribution < -0.4 is 9.62 Å². The van der Waals surface area contributed by atoms with Gasteiger partial charge in [-0.05, 0) is 23.6 Å². The molecule has 0 aromatic heterocycles. The number of carbonyl (C=O) groups excluding carboxylic acids is 1. The van der Waals surface area contributed by atoms with E-state index in [-0.39, 0.29) is 12.5 Å². The molecule has 1 aliphatic heterocycles. The highest BCUT2D eigenvalue weighted by molar-refractivity contribution is 7.88. The molecule has 5 nitrogen and oxygen atoms in total. The van der Waals surface area contributed by atoms with E-state index < -0.39 is 10.0 Å². The van der Waals surface area contributed by atoms with Crippen molar-refractivity contribution in [2.75, 3.05) is 18.2 Å². The Morgan fingerprint density at radius 3 is 2.72 bits per heavy atom. The first-order valence-electron chi connectivity index (χ1n) is 5.70. The molecule has 0 atom stereocenters. The second kappa shape index (κ2) is 4.70. The third-order valence-electron chi connectivity index (χ3n) is 3.03. The molecule has 0 spiro atoms. The fourth-order valence-corrected chi connectivity index (χ4v) is 2.46. The van der Waals surface area contributed by atoms with Crippen molar-refractivity contribution in [3.63, 3.8) is 0 Å². The maximum atomic E-state index is 11.5. The highest BCUT2D eigenvalue weighted by atomic mass is 32.2. The topological polar surface area (TPSA) is 66.5 Å². The van der Waals surface area contributed by atoms with Gasteiger partial charge >= 0.3 is 0 Å². The van der Waals surface area contributed by atoms with Gasteiger partial charge < -0.3 is 4.90 Å². The number of anilines is 1. The van der Waals surface area contributed by atoms with Crippen LogP contribution >= 0.6 is 0 Å². The van der Waals surface area contributed by atoms with Crippen LogP contribution in [0.25, 0.3) is 0 Å². The highest BCUT2D eigenvalue weighted by Gasteiger charge is 2.20. The summed E-state index contributed by atoms with van der Waals surface area (Å²) in [6, 6.07) is 5.66. The quantitative estimate of drug-likeness (QED) is 0.875. The summed E-state index contributed by atoms with van der Waals surface area (Å²) in [5.74, 6) is 0.115. The molecular weight excluding hydrogens is 252 g/mol. The van der Waals surface area contributed by atoms with Gasteiger partial charge in [-0.2, -0.15) is 0 Å². The molecule has 1 aromatic rings. The monoisotopic (exact) mass is 268 g/mol. The molecule has 1 aromatic carbocycles. The van der Waals surface area contributed by atoms with Crippen LogP contribution in [0, 0.1) is 0 Å². The Morgan fingerprint density at radius 2 is 2.06 bits per heavy atom. The zero-order valence-corrected chi connectivity index (χ0v) is 11.3. The van der Waals surface area contributed by atoms with Crippen molar-refractivity contribution < 1.29 is 13.2 Å². The third-order valence-corrected chi connectivity index (χ3v) is 3.69. The lowest BCUT2D eigenvalue weighted by atomic mass is 9.99. The van der Waals surface area contributed by atoms with Crippen LogP contribution in [0.1, 0.15) is 17.5 Å². The summed E-state index contributed by atoms with van der Waals surface area (Å²) in [5, 5.41) is 0. The minimum Gasteiger partial charge on any atom is -0.315 e. The minimum atomic E-state index is -3.18. The van der Waals surface area contributed by atoms with Gasteiger partial charge in [0.15, 0.2) is 0 Å². The number of carbonyl (C=O) groups is 1. The third kappa shape index (κ3) is 2.88. The van der Waals surface area contributed by atoms with Gasteiger partial charge in [-0.25, -0.2) is 13.1 Å².